The third-order valence-electron chi connectivity index (χ3n) is 4.13. The van der Waals surface area contributed by atoms with Gasteiger partial charge in [0.1, 0.15) is 0 Å². The molecule has 0 bridgehead atoms. The highest BCUT2D eigenvalue weighted by molar-refractivity contribution is 5.43. The third-order valence-corrected chi connectivity index (χ3v) is 4.13. The topological polar surface area (TPSA) is 35.1 Å². The van der Waals surface area contributed by atoms with Gasteiger partial charge in [-0.15, -0.1) is 0 Å². The quantitative estimate of drug-likeness (QED) is 0.655. The average molecular weight is 364 g/mol. The normalized spacial score (nSPS) is 11.5. The maximum Gasteiger partial charge on any atom is 0.161 e. The minimum absolute atomic E-state index is 0. The van der Waals surface area contributed by atoms with Crippen molar-refractivity contribution in [3.8, 4) is 11.5 Å². The summed E-state index contributed by atoms with van der Waals surface area (Å²) < 4.78 is 11.4. The smallest absolute Gasteiger partial charge is 0.161 e. The van der Waals surface area contributed by atoms with Gasteiger partial charge in [0.25, 0.3) is 0 Å². The van der Waals surface area contributed by atoms with Crippen LogP contribution in [-0.4, -0.2) is 26.3 Å². The average Bonchev–Trinajstić information content (AvgIpc) is 2.61. The Balaban J connectivity index is 0.00000312. The fourth-order valence-electron chi connectivity index (χ4n) is 2.79. The molecular weight excluding hydrogens is 334 g/mol. The summed E-state index contributed by atoms with van der Waals surface area (Å²) in [5.41, 5.74) is 2.58. The summed E-state index contributed by atoms with van der Waals surface area (Å²) >= 11 is 0. The molecule has 1 unspecified atom stereocenters. The number of ether oxygens (including phenoxy) is 2. The Morgan fingerprint density at radius 3 is 2.44 bits per heavy atom. The Morgan fingerprint density at radius 1 is 1.00 bits per heavy atom. The molecule has 0 aliphatic heterocycles. The van der Waals surface area contributed by atoms with Crippen molar-refractivity contribution in [2.24, 2.45) is 0 Å². The molecule has 0 radical (unpaired) electrons. The molecule has 138 valence electrons. The molecule has 4 heteroatoms. The molecule has 2 rings (SSSR count). The maximum atomic E-state index is 6.00. The number of hydrogen-bond donors (Lipinski definition) is 1. The first-order valence-corrected chi connectivity index (χ1v) is 8.90. The summed E-state index contributed by atoms with van der Waals surface area (Å²) in [7, 11) is 1.69. The van der Waals surface area contributed by atoms with Crippen molar-refractivity contribution < 1.29 is 27.2 Å². The van der Waals surface area contributed by atoms with E-state index in [0.29, 0.717) is 12.6 Å². The number of hydrogen-bond acceptors (Lipinski definition) is 2. The van der Waals surface area contributed by atoms with Gasteiger partial charge in [-0.05, 0) is 36.6 Å². The van der Waals surface area contributed by atoms with Crippen molar-refractivity contribution in [1.29, 1.82) is 0 Å². The van der Waals surface area contributed by atoms with Crippen LogP contribution in [0.3, 0.4) is 0 Å². The minimum Gasteiger partial charge on any atom is -1.00 e. The van der Waals surface area contributed by atoms with Crippen LogP contribution in [0.1, 0.15) is 31.4 Å². The van der Waals surface area contributed by atoms with Crippen molar-refractivity contribution >= 4 is 0 Å². The number of nitrogens with two attached hydrogens (primary N) is 1. The van der Waals surface area contributed by atoms with Gasteiger partial charge in [0.15, 0.2) is 11.5 Å². The lowest BCUT2D eigenvalue weighted by Crippen LogP contribution is -3.00. The molecule has 25 heavy (non-hydrogen) atoms. The number of benzene rings is 2. The van der Waals surface area contributed by atoms with Crippen molar-refractivity contribution in [1.82, 2.24) is 0 Å². The van der Waals surface area contributed by atoms with E-state index in [1.54, 1.807) is 7.11 Å². The molecule has 0 aromatic heterocycles. The standard InChI is InChI=1S/C21H29NO2.ClH/c1-4-13-22-17(2)15-19-10-11-20(23-3)21(16-19)24-14-12-18-8-6-5-7-9-18;/h5-11,16-17,22H,4,12-15H2,1-3H3;1H. The molecule has 2 aromatic carbocycles. The number of methoxy groups -OCH3 is 1. The Hall–Kier alpha value is -1.71. The first kappa shape index (κ1) is 21.3. The van der Waals surface area contributed by atoms with E-state index in [4.69, 9.17) is 9.47 Å². The molecule has 0 aliphatic carbocycles. The minimum atomic E-state index is 0. The lowest BCUT2D eigenvalue weighted by atomic mass is 10.1. The third kappa shape index (κ3) is 7.37. The van der Waals surface area contributed by atoms with Crippen LogP contribution < -0.4 is 27.2 Å². The molecule has 2 N–H and O–H groups in total. The van der Waals surface area contributed by atoms with Gasteiger partial charge in [-0.2, -0.15) is 0 Å². The van der Waals surface area contributed by atoms with Gasteiger partial charge >= 0.3 is 0 Å². The van der Waals surface area contributed by atoms with Gasteiger partial charge in [0.2, 0.25) is 0 Å². The first-order valence-electron chi connectivity index (χ1n) is 8.90. The molecule has 0 saturated carbocycles. The van der Waals surface area contributed by atoms with E-state index in [0.717, 1.165) is 24.3 Å². The highest BCUT2D eigenvalue weighted by Crippen LogP contribution is 2.28. The van der Waals surface area contributed by atoms with Crippen LogP contribution in [-0.2, 0) is 12.8 Å². The molecule has 0 amide bonds. The summed E-state index contributed by atoms with van der Waals surface area (Å²) in [6.45, 7) is 6.32. The predicted octanol–water partition coefficient (Wildman–Crippen LogP) is 0.225. The number of rotatable bonds is 10. The second-order valence-corrected chi connectivity index (χ2v) is 6.28. The summed E-state index contributed by atoms with van der Waals surface area (Å²) in [5, 5.41) is 2.40. The van der Waals surface area contributed by atoms with Crippen LogP contribution in [0.2, 0.25) is 0 Å². The van der Waals surface area contributed by atoms with Crippen molar-refractivity contribution in [3.63, 3.8) is 0 Å². The molecule has 0 spiro atoms. The summed E-state index contributed by atoms with van der Waals surface area (Å²) in [5.74, 6) is 1.64. The fourth-order valence-corrected chi connectivity index (χ4v) is 2.79. The van der Waals surface area contributed by atoms with Gasteiger partial charge in [0, 0.05) is 12.8 Å². The van der Waals surface area contributed by atoms with E-state index in [-0.39, 0.29) is 12.4 Å². The Labute approximate surface area is 158 Å². The monoisotopic (exact) mass is 363 g/mol. The van der Waals surface area contributed by atoms with Gasteiger partial charge < -0.3 is 27.2 Å². The Bertz CT molecular complexity index is 604. The first-order chi connectivity index (χ1) is 11.7. The van der Waals surface area contributed by atoms with Gasteiger partial charge in [-0.25, -0.2) is 0 Å². The SMILES string of the molecule is CCC[NH2+]C(C)Cc1ccc(OC)c(OCCc2ccccc2)c1.[Cl-]. The summed E-state index contributed by atoms with van der Waals surface area (Å²) in [6.07, 6.45) is 3.15. The molecule has 1 atom stereocenters. The van der Waals surface area contributed by atoms with Gasteiger partial charge in [-0.1, -0.05) is 43.3 Å². The molecule has 0 saturated heterocycles. The van der Waals surface area contributed by atoms with Gasteiger partial charge in [0.05, 0.1) is 26.3 Å². The lowest BCUT2D eigenvalue weighted by Gasteiger charge is -2.14. The van der Waals surface area contributed by atoms with Crippen LogP contribution in [0.25, 0.3) is 0 Å². The van der Waals surface area contributed by atoms with Crippen LogP contribution in [0, 0.1) is 0 Å². The van der Waals surface area contributed by atoms with Gasteiger partial charge in [-0.3, -0.25) is 0 Å². The molecule has 0 heterocycles. The lowest BCUT2D eigenvalue weighted by molar-refractivity contribution is -0.685. The van der Waals surface area contributed by atoms with Crippen molar-refractivity contribution in [2.75, 3.05) is 20.3 Å². The zero-order valence-electron chi connectivity index (χ0n) is 15.5. The molecule has 2 aromatic rings. The second-order valence-electron chi connectivity index (χ2n) is 6.28. The summed E-state index contributed by atoms with van der Waals surface area (Å²) in [6, 6.07) is 17.3. The maximum absolute atomic E-state index is 6.00. The zero-order valence-corrected chi connectivity index (χ0v) is 16.3. The van der Waals surface area contributed by atoms with Crippen molar-refractivity contribution in [2.45, 2.75) is 39.2 Å². The second kappa shape index (κ2) is 11.8. The van der Waals surface area contributed by atoms with Crippen LogP contribution in [0.15, 0.2) is 48.5 Å². The van der Waals surface area contributed by atoms with Crippen molar-refractivity contribution in [3.05, 3.63) is 59.7 Å². The van der Waals surface area contributed by atoms with E-state index in [2.05, 4.69) is 55.6 Å². The Kier molecular flexibility index (Phi) is 10.0. The highest BCUT2D eigenvalue weighted by Gasteiger charge is 2.10. The van der Waals surface area contributed by atoms with E-state index >= 15 is 0 Å². The highest BCUT2D eigenvalue weighted by atomic mass is 35.5. The van der Waals surface area contributed by atoms with Crippen LogP contribution >= 0.6 is 0 Å². The van der Waals surface area contributed by atoms with Crippen LogP contribution in [0.4, 0.5) is 0 Å². The largest absolute Gasteiger partial charge is 1.00 e. The summed E-state index contributed by atoms with van der Waals surface area (Å²) in [4.78, 5) is 0. The number of halogens is 1. The van der Waals surface area contributed by atoms with E-state index in [1.165, 1.54) is 24.1 Å². The molecule has 0 fully saturated rings. The van der Waals surface area contributed by atoms with E-state index in [9.17, 15) is 0 Å². The number of quaternary nitrogens is 1. The van der Waals surface area contributed by atoms with E-state index in [1.807, 2.05) is 12.1 Å². The fraction of sp³-hybridized carbons (Fsp3) is 0.429. The zero-order chi connectivity index (χ0) is 17.2. The molecule has 3 nitrogen and oxygen atoms in total. The molecule has 0 aliphatic rings. The van der Waals surface area contributed by atoms with Crippen LogP contribution in [0.5, 0.6) is 11.5 Å². The molecular formula is C21H30ClNO2. The predicted molar refractivity (Wildman–Crippen MR) is 98.9 cm³/mol. The van der Waals surface area contributed by atoms with E-state index < -0.39 is 0 Å². The Morgan fingerprint density at radius 2 is 1.76 bits per heavy atom.